The van der Waals surface area contributed by atoms with Crippen LogP contribution in [0.1, 0.15) is 5.56 Å². The fourth-order valence-electron chi connectivity index (χ4n) is 4.06. The van der Waals surface area contributed by atoms with Gasteiger partial charge in [0.15, 0.2) is 0 Å². The van der Waals surface area contributed by atoms with E-state index in [9.17, 15) is 13.2 Å². The number of rotatable bonds is 4. The van der Waals surface area contributed by atoms with Gasteiger partial charge in [-0.25, -0.2) is 4.98 Å². The summed E-state index contributed by atoms with van der Waals surface area (Å²) in [6, 6.07) is 14.8. The van der Waals surface area contributed by atoms with Gasteiger partial charge >= 0.3 is 6.18 Å². The molecule has 0 bridgehead atoms. The van der Waals surface area contributed by atoms with E-state index < -0.39 is 11.7 Å². The number of morpholine rings is 1. The molecule has 5 nitrogen and oxygen atoms in total. The Kier molecular flexibility index (Phi) is 5.60. The van der Waals surface area contributed by atoms with Crippen LogP contribution in [0.15, 0.2) is 73.2 Å². The maximum absolute atomic E-state index is 12.9. The van der Waals surface area contributed by atoms with Crippen molar-refractivity contribution in [2.45, 2.75) is 6.18 Å². The lowest BCUT2D eigenvalue weighted by Crippen LogP contribution is -2.36. The van der Waals surface area contributed by atoms with Gasteiger partial charge in [-0.15, -0.1) is 0 Å². The molecule has 1 fully saturated rings. The highest BCUT2D eigenvalue weighted by atomic mass is 19.4. The molecule has 1 aliphatic heterocycles. The Morgan fingerprint density at radius 3 is 2.30 bits per heavy atom. The Labute approximate surface area is 188 Å². The molecule has 0 atom stereocenters. The average molecular weight is 450 g/mol. The lowest BCUT2D eigenvalue weighted by atomic mass is 9.99. The Bertz CT molecular complexity index is 1270. The fourth-order valence-corrected chi connectivity index (χ4v) is 4.06. The van der Waals surface area contributed by atoms with Crippen LogP contribution in [0.2, 0.25) is 0 Å². The van der Waals surface area contributed by atoms with Crippen molar-refractivity contribution < 1.29 is 17.9 Å². The first-order valence-electron chi connectivity index (χ1n) is 10.6. The molecule has 168 valence electrons. The number of fused-ring (bicyclic) bond motifs is 1. The van der Waals surface area contributed by atoms with E-state index in [-0.39, 0.29) is 0 Å². The van der Waals surface area contributed by atoms with Gasteiger partial charge in [0.2, 0.25) is 0 Å². The zero-order valence-electron chi connectivity index (χ0n) is 17.6. The van der Waals surface area contributed by atoms with Crippen molar-refractivity contribution in [3.8, 4) is 11.1 Å². The molecule has 4 aromatic rings. The average Bonchev–Trinajstić information content (AvgIpc) is 2.85. The second-order valence-electron chi connectivity index (χ2n) is 7.76. The van der Waals surface area contributed by atoms with Crippen molar-refractivity contribution in [3.63, 3.8) is 0 Å². The molecule has 1 N–H and O–H groups in total. The van der Waals surface area contributed by atoms with E-state index in [1.807, 2.05) is 36.5 Å². The number of alkyl halides is 3. The summed E-state index contributed by atoms with van der Waals surface area (Å²) in [5.74, 6) is 0.580. The highest BCUT2D eigenvalue weighted by Crippen LogP contribution is 2.37. The molecule has 2 aromatic heterocycles. The van der Waals surface area contributed by atoms with Gasteiger partial charge in [-0.1, -0.05) is 24.3 Å². The van der Waals surface area contributed by atoms with Crippen molar-refractivity contribution in [1.29, 1.82) is 0 Å². The Hall–Kier alpha value is -3.65. The summed E-state index contributed by atoms with van der Waals surface area (Å²) in [5.41, 5.74) is 2.86. The zero-order valence-corrected chi connectivity index (χ0v) is 17.6. The largest absolute Gasteiger partial charge is 0.416 e. The molecule has 0 unspecified atom stereocenters. The van der Waals surface area contributed by atoms with Crippen molar-refractivity contribution in [2.75, 3.05) is 36.5 Å². The predicted octanol–water partition coefficient (Wildman–Crippen LogP) is 5.90. The van der Waals surface area contributed by atoms with E-state index in [1.165, 1.54) is 12.1 Å². The molecule has 3 heterocycles. The molecular weight excluding hydrogens is 429 g/mol. The molecule has 0 amide bonds. The smallest absolute Gasteiger partial charge is 0.378 e. The second kappa shape index (κ2) is 8.71. The van der Waals surface area contributed by atoms with Crippen molar-refractivity contribution >= 4 is 28.0 Å². The van der Waals surface area contributed by atoms with Crippen molar-refractivity contribution in [1.82, 2.24) is 9.97 Å². The highest BCUT2D eigenvalue weighted by Gasteiger charge is 2.30. The molecular formula is C25H21F3N4O. The standard InChI is InChI=1S/C25H21F3N4O/c26-25(27,28)17-5-7-18(8-6-17)31-24-21-4-2-1-3-19(21)22(15-30-24)20-9-10-29-16-23(20)32-11-13-33-14-12-32/h1-10,15-16H,11-14H2,(H,30,31). The summed E-state index contributed by atoms with van der Waals surface area (Å²) >= 11 is 0. The number of pyridine rings is 2. The molecule has 5 rings (SSSR count). The molecule has 0 aliphatic carbocycles. The SMILES string of the molecule is FC(F)(F)c1ccc(Nc2ncc(-c3ccncc3N3CCOCC3)c3ccccc23)cc1. The van der Waals surface area contributed by atoms with Gasteiger partial charge in [-0.05, 0) is 35.7 Å². The predicted molar refractivity (Wildman–Crippen MR) is 123 cm³/mol. The van der Waals surface area contributed by atoms with Crippen LogP contribution in [-0.2, 0) is 10.9 Å². The number of halogens is 3. The first-order chi connectivity index (χ1) is 16.0. The molecule has 2 aromatic carbocycles. The third kappa shape index (κ3) is 4.34. The molecule has 0 saturated carbocycles. The van der Waals surface area contributed by atoms with Crippen LogP contribution in [0.4, 0.5) is 30.4 Å². The summed E-state index contributed by atoms with van der Waals surface area (Å²) in [7, 11) is 0. The number of nitrogens with one attached hydrogen (secondary N) is 1. The molecule has 1 saturated heterocycles. The van der Waals surface area contributed by atoms with Crippen LogP contribution in [0, 0.1) is 0 Å². The number of nitrogens with zero attached hydrogens (tertiary/aromatic N) is 3. The number of aromatic nitrogens is 2. The van der Waals surface area contributed by atoms with Gasteiger partial charge in [0, 0.05) is 47.7 Å². The maximum Gasteiger partial charge on any atom is 0.416 e. The highest BCUT2D eigenvalue weighted by molar-refractivity contribution is 6.04. The van der Waals surface area contributed by atoms with E-state index >= 15 is 0 Å². The Balaban J connectivity index is 1.54. The van der Waals surface area contributed by atoms with Crippen LogP contribution in [0.3, 0.4) is 0 Å². The van der Waals surface area contributed by atoms with Crippen LogP contribution in [0.25, 0.3) is 21.9 Å². The lowest BCUT2D eigenvalue weighted by molar-refractivity contribution is -0.137. The lowest BCUT2D eigenvalue weighted by Gasteiger charge is -2.30. The minimum Gasteiger partial charge on any atom is -0.378 e. The topological polar surface area (TPSA) is 50.3 Å². The van der Waals surface area contributed by atoms with E-state index in [0.29, 0.717) is 24.7 Å². The van der Waals surface area contributed by atoms with Gasteiger partial charge in [-0.3, -0.25) is 4.98 Å². The third-order valence-electron chi connectivity index (χ3n) is 5.71. The van der Waals surface area contributed by atoms with Crippen molar-refractivity contribution in [2.24, 2.45) is 0 Å². The monoisotopic (exact) mass is 450 g/mol. The van der Waals surface area contributed by atoms with Gasteiger partial charge < -0.3 is 15.0 Å². The van der Waals surface area contributed by atoms with E-state index in [2.05, 4.69) is 20.2 Å². The minimum atomic E-state index is -4.37. The van der Waals surface area contributed by atoms with E-state index in [1.54, 1.807) is 12.4 Å². The first-order valence-corrected chi connectivity index (χ1v) is 10.6. The first kappa shape index (κ1) is 21.2. The van der Waals surface area contributed by atoms with Crippen LogP contribution in [0.5, 0.6) is 0 Å². The summed E-state index contributed by atoms with van der Waals surface area (Å²) in [6.45, 7) is 2.92. The van der Waals surface area contributed by atoms with E-state index in [0.717, 1.165) is 52.8 Å². The van der Waals surface area contributed by atoms with Gasteiger partial charge in [0.05, 0.1) is 30.7 Å². The molecule has 8 heteroatoms. The third-order valence-corrected chi connectivity index (χ3v) is 5.71. The van der Waals surface area contributed by atoms with Crippen LogP contribution >= 0.6 is 0 Å². The molecule has 0 radical (unpaired) electrons. The Morgan fingerprint density at radius 2 is 1.58 bits per heavy atom. The fraction of sp³-hybridized carbons (Fsp3) is 0.200. The summed E-state index contributed by atoms with van der Waals surface area (Å²) in [5, 5.41) is 5.03. The second-order valence-corrected chi connectivity index (χ2v) is 7.76. The van der Waals surface area contributed by atoms with Crippen molar-refractivity contribution in [3.05, 3.63) is 78.8 Å². The Morgan fingerprint density at radius 1 is 0.848 bits per heavy atom. The van der Waals surface area contributed by atoms with Gasteiger partial charge in [0.25, 0.3) is 0 Å². The summed E-state index contributed by atoms with van der Waals surface area (Å²) in [6.07, 6.45) is 1.06. The molecule has 33 heavy (non-hydrogen) atoms. The number of ether oxygens (including phenoxy) is 1. The minimum absolute atomic E-state index is 0.534. The summed E-state index contributed by atoms with van der Waals surface area (Å²) < 4.78 is 44.1. The zero-order chi connectivity index (χ0) is 22.8. The van der Waals surface area contributed by atoms with Crippen LogP contribution < -0.4 is 10.2 Å². The van der Waals surface area contributed by atoms with Crippen LogP contribution in [-0.4, -0.2) is 36.3 Å². The summed E-state index contributed by atoms with van der Waals surface area (Å²) in [4.78, 5) is 11.2. The number of hydrogen-bond donors (Lipinski definition) is 1. The number of hydrogen-bond acceptors (Lipinski definition) is 5. The van der Waals surface area contributed by atoms with Gasteiger partial charge in [0.1, 0.15) is 5.82 Å². The quantitative estimate of drug-likeness (QED) is 0.420. The number of benzene rings is 2. The normalized spacial score (nSPS) is 14.5. The molecule has 0 spiro atoms. The van der Waals surface area contributed by atoms with E-state index in [4.69, 9.17) is 4.74 Å². The molecule has 1 aliphatic rings. The van der Waals surface area contributed by atoms with Gasteiger partial charge in [-0.2, -0.15) is 13.2 Å². The maximum atomic E-state index is 12.9. The number of anilines is 3.